The molecule has 2 aromatic heterocycles. The lowest BCUT2D eigenvalue weighted by molar-refractivity contribution is 0.656. The lowest BCUT2D eigenvalue weighted by atomic mass is 10.2. The van der Waals surface area contributed by atoms with Crippen LogP contribution >= 0.6 is 27.3 Å². The number of nitrogens with one attached hydrogen (secondary N) is 1. The third-order valence-electron chi connectivity index (χ3n) is 3.41. The number of aryl methyl sites for hydroxylation is 2. The number of thiophene rings is 1. The van der Waals surface area contributed by atoms with Crippen molar-refractivity contribution in [3.05, 3.63) is 37.2 Å². The molecule has 1 N–H and O–H groups in total. The van der Waals surface area contributed by atoms with Crippen LogP contribution in [0.15, 0.2) is 10.5 Å². The maximum Gasteiger partial charge on any atom is 0.0738 e. The summed E-state index contributed by atoms with van der Waals surface area (Å²) in [5.74, 6) is 0. The molecule has 0 fully saturated rings. The van der Waals surface area contributed by atoms with Crippen LogP contribution in [0, 0.1) is 20.8 Å². The number of hydrogen-bond acceptors (Lipinski definition) is 3. The van der Waals surface area contributed by atoms with Gasteiger partial charge in [-0.1, -0.05) is 6.92 Å². The van der Waals surface area contributed by atoms with Gasteiger partial charge in [0.1, 0.15) is 0 Å². The minimum absolute atomic E-state index is 0.856. The first-order chi connectivity index (χ1) is 9.52. The van der Waals surface area contributed by atoms with Crippen molar-refractivity contribution in [2.45, 2.75) is 47.2 Å². The third kappa shape index (κ3) is 3.51. The molecule has 2 rings (SSSR count). The van der Waals surface area contributed by atoms with Gasteiger partial charge in [0, 0.05) is 16.3 Å². The van der Waals surface area contributed by atoms with E-state index in [9.17, 15) is 0 Å². The molecule has 0 radical (unpaired) electrons. The van der Waals surface area contributed by atoms with E-state index >= 15 is 0 Å². The summed E-state index contributed by atoms with van der Waals surface area (Å²) in [5.41, 5.74) is 3.63. The van der Waals surface area contributed by atoms with Gasteiger partial charge in [0.15, 0.2) is 0 Å². The van der Waals surface area contributed by atoms with Crippen molar-refractivity contribution in [3.63, 3.8) is 0 Å². The monoisotopic (exact) mass is 355 g/mol. The first-order valence-electron chi connectivity index (χ1n) is 7.01. The molecule has 0 spiro atoms. The van der Waals surface area contributed by atoms with E-state index < -0.39 is 0 Å². The lowest BCUT2D eigenvalue weighted by Gasteiger charge is -2.03. The molecule has 0 saturated carbocycles. The Morgan fingerprint density at radius 2 is 2.10 bits per heavy atom. The predicted molar refractivity (Wildman–Crippen MR) is 89.6 cm³/mol. The van der Waals surface area contributed by atoms with Crippen molar-refractivity contribution >= 4 is 27.3 Å². The van der Waals surface area contributed by atoms with Gasteiger partial charge < -0.3 is 5.32 Å². The highest BCUT2D eigenvalue weighted by atomic mass is 79.9. The molecule has 2 aromatic rings. The van der Waals surface area contributed by atoms with Gasteiger partial charge in [-0.15, -0.1) is 11.3 Å². The van der Waals surface area contributed by atoms with Gasteiger partial charge >= 0.3 is 0 Å². The zero-order valence-corrected chi connectivity index (χ0v) is 15.0. The quantitative estimate of drug-likeness (QED) is 0.787. The van der Waals surface area contributed by atoms with Crippen LogP contribution in [0.1, 0.15) is 40.1 Å². The average Bonchev–Trinajstić information content (AvgIpc) is 2.87. The Balaban J connectivity index is 2.11. The minimum Gasteiger partial charge on any atom is -0.312 e. The van der Waals surface area contributed by atoms with E-state index in [1.165, 1.54) is 27.4 Å². The van der Waals surface area contributed by atoms with Gasteiger partial charge in [-0.05, 0) is 61.3 Å². The van der Waals surface area contributed by atoms with Crippen LogP contribution in [0.3, 0.4) is 0 Å². The second kappa shape index (κ2) is 6.87. The molecule has 0 aliphatic heterocycles. The molecule has 110 valence electrons. The summed E-state index contributed by atoms with van der Waals surface area (Å²) in [7, 11) is 0. The highest BCUT2D eigenvalue weighted by Crippen LogP contribution is 2.25. The number of rotatable bonds is 6. The average molecular weight is 356 g/mol. The molecular weight excluding hydrogens is 334 g/mol. The molecule has 0 aliphatic carbocycles. The van der Waals surface area contributed by atoms with E-state index in [1.807, 2.05) is 18.3 Å². The summed E-state index contributed by atoms with van der Waals surface area (Å²) < 4.78 is 3.20. The van der Waals surface area contributed by atoms with Gasteiger partial charge in [0.2, 0.25) is 0 Å². The van der Waals surface area contributed by atoms with Crippen LogP contribution in [0.2, 0.25) is 0 Å². The molecule has 0 aromatic carbocycles. The lowest BCUT2D eigenvalue weighted by Crippen LogP contribution is -2.12. The molecule has 2 heterocycles. The molecule has 0 aliphatic rings. The van der Waals surface area contributed by atoms with Crippen molar-refractivity contribution in [3.8, 4) is 0 Å². The molecular formula is C15H22BrN3S. The Hall–Kier alpha value is -0.650. The standard InChI is InChI=1S/C15H22BrN3S/c1-5-6-17-8-14-7-13(12(4)20-14)9-19-11(3)15(16)10(2)18-19/h7,17H,5-6,8-9H2,1-4H3. The van der Waals surface area contributed by atoms with Gasteiger partial charge in [-0.25, -0.2) is 0 Å². The maximum atomic E-state index is 4.59. The highest BCUT2D eigenvalue weighted by molar-refractivity contribution is 9.10. The fraction of sp³-hybridized carbons (Fsp3) is 0.533. The largest absolute Gasteiger partial charge is 0.312 e. The van der Waals surface area contributed by atoms with E-state index in [2.05, 4.69) is 57.9 Å². The molecule has 0 saturated heterocycles. The Morgan fingerprint density at radius 1 is 1.35 bits per heavy atom. The summed E-state index contributed by atoms with van der Waals surface area (Å²) in [6.45, 7) is 11.4. The van der Waals surface area contributed by atoms with E-state index in [-0.39, 0.29) is 0 Å². The van der Waals surface area contributed by atoms with Gasteiger partial charge in [0.25, 0.3) is 0 Å². The Morgan fingerprint density at radius 3 is 2.70 bits per heavy atom. The first-order valence-corrected chi connectivity index (χ1v) is 8.62. The van der Waals surface area contributed by atoms with E-state index in [4.69, 9.17) is 0 Å². The van der Waals surface area contributed by atoms with Gasteiger partial charge in [-0.3, -0.25) is 4.68 Å². The smallest absolute Gasteiger partial charge is 0.0738 e. The third-order valence-corrected chi connectivity index (χ3v) is 5.65. The molecule has 0 unspecified atom stereocenters. The van der Waals surface area contributed by atoms with E-state index in [1.54, 1.807) is 0 Å². The summed E-state index contributed by atoms with van der Waals surface area (Å²) in [5, 5.41) is 8.05. The molecule has 5 heteroatoms. The van der Waals surface area contributed by atoms with Gasteiger partial charge in [-0.2, -0.15) is 5.10 Å². The zero-order chi connectivity index (χ0) is 14.7. The Labute approximate surface area is 133 Å². The zero-order valence-electron chi connectivity index (χ0n) is 12.6. The van der Waals surface area contributed by atoms with Crippen LogP contribution in [-0.2, 0) is 13.1 Å². The number of hydrogen-bond donors (Lipinski definition) is 1. The van der Waals surface area contributed by atoms with Crippen molar-refractivity contribution < 1.29 is 0 Å². The summed E-state index contributed by atoms with van der Waals surface area (Å²) >= 11 is 5.47. The summed E-state index contributed by atoms with van der Waals surface area (Å²) in [4.78, 5) is 2.80. The summed E-state index contributed by atoms with van der Waals surface area (Å²) in [6.07, 6.45) is 1.18. The molecule has 0 bridgehead atoms. The van der Waals surface area contributed by atoms with Crippen molar-refractivity contribution in [2.24, 2.45) is 0 Å². The normalized spacial score (nSPS) is 11.2. The molecule has 3 nitrogen and oxygen atoms in total. The van der Waals surface area contributed by atoms with Crippen LogP contribution in [0.4, 0.5) is 0 Å². The van der Waals surface area contributed by atoms with Crippen LogP contribution in [0.5, 0.6) is 0 Å². The van der Waals surface area contributed by atoms with E-state index in [0.29, 0.717) is 0 Å². The fourth-order valence-electron chi connectivity index (χ4n) is 2.21. The Kier molecular flexibility index (Phi) is 5.41. The van der Waals surface area contributed by atoms with Crippen LogP contribution in [0.25, 0.3) is 0 Å². The topological polar surface area (TPSA) is 29.9 Å². The second-order valence-electron chi connectivity index (χ2n) is 5.11. The van der Waals surface area contributed by atoms with E-state index in [0.717, 1.165) is 29.8 Å². The first kappa shape index (κ1) is 15.7. The van der Waals surface area contributed by atoms with Crippen molar-refractivity contribution in [1.29, 1.82) is 0 Å². The molecule has 0 atom stereocenters. The number of halogens is 1. The number of nitrogens with zero attached hydrogens (tertiary/aromatic N) is 2. The van der Waals surface area contributed by atoms with Crippen molar-refractivity contribution in [2.75, 3.05) is 6.54 Å². The second-order valence-corrected chi connectivity index (χ2v) is 7.25. The molecule has 20 heavy (non-hydrogen) atoms. The van der Waals surface area contributed by atoms with Crippen LogP contribution < -0.4 is 5.32 Å². The highest BCUT2D eigenvalue weighted by Gasteiger charge is 2.11. The SMILES string of the molecule is CCCNCc1cc(Cn2nc(C)c(Br)c2C)c(C)s1. The summed E-state index contributed by atoms with van der Waals surface area (Å²) in [6, 6.07) is 2.31. The predicted octanol–water partition coefficient (Wildman–Crippen LogP) is 4.18. The maximum absolute atomic E-state index is 4.59. The minimum atomic E-state index is 0.856. The molecule has 0 amide bonds. The number of aromatic nitrogens is 2. The van der Waals surface area contributed by atoms with Crippen LogP contribution in [-0.4, -0.2) is 16.3 Å². The van der Waals surface area contributed by atoms with Gasteiger partial charge in [0.05, 0.1) is 22.4 Å². The Bertz CT molecular complexity index is 586. The van der Waals surface area contributed by atoms with Crippen molar-refractivity contribution in [1.82, 2.24) is 15.1 Å². The fourth-order valence-corrected chi connectivity index (χ4v) is 3.52.